The third-order valence-electron chi connectivity index (χ3n) is 2.53. The van der Waals surface area contributed by atoms with Crippen LogP contribution >= 0.6 is 0 Å². The van der Waals surface area contributed by atoms with Gasteiger partial charge in [-0.15, -0.1) is 0 Å². The van der Waals surface area contributed by atoms with Crippen molar-refractivity contribution in [2.45, 2.75) is 33.6 Å². The molecule has 0 amide bonds. The van der Waals surface area contributed by atoms with Gasteiger partial charge in [0.15, 0.2) is 0 Å². The van der Waals surface area contributed by atoms with Gasteiger partial charge in [0.25, 0.3) is 0 Å². The Labute approximate surface area is 109 Å². The zero-order valence-corrected chi connectivity index (χ0v) is 11.3. The molecule has 18 heavy (non-hydrogen) atoms. The van der Waals surface area contributed by atoms with E-state index < -0.39 is 0 Å². The second kappa shape index (κ2) is 7.67. The molecule has 0 bridgehead atoms. The molecule has 0 aliphatic heterocycles. The number of rotatable bonds is 7. The average Bonchev–Trinajstić information content (AvgIpc) is 2.33. The number of hydrogen-bond donors (Lipinski definition) is 0. The molecule has 98 valence electrons. The smallest absolute Gasteiger partial charge is 0.232 e. The summed E-state index contributed by atoms with van der Waals surface area (Å²) in [5.74, 6) is 0.411. The quantitative estimate of drug-likeness (QED) is 0.696. The minimum atomic E-state index is 0.411. The van der Waals surface area contributed by atoms with Gasteiger partial charge in [0.1, 0.15) is 18.2 Å². The van der Waals surface area contributed by atoms with E-state index in [4.69, 9.17) is 14.7 Å². The van der Waals surface area contributed by atoms with Crippen LogP contribution in [-0.2, 0) is 4.74 Å². The van der Waals surface area contributed by atoms with Gasteiger partial charge in [0.05, 0.1) is 6.61 Å². The Morgan fingerprint density at radius 2 is 2.06 bits per heavy atom. The lowest BCUT2D eigenvalue weighted by atomic mass is 10.1. The molecule has 4 heteroatoms. The average molecular weight is 248 g/mol. The fraction of sp³-hybridized carbons (Fsp3) is 0.571. The Bertz CT molecular complexity index is 425. The standard InChI is InChI=1S/C14H20N2O2/c1-4-5-6-17-7-8-18-14-13(10-15)11(2)9-12(3)16-14/h9H,4-8H2,1-3H3. The maximum atomic E-state index is 9.06. The van der Waals surface area contributed by atoms with Crippen LogP contribution in [0.1, 0.15) is 36.6 Å². The van der Waals surface area contributed by atoms with E-state index in [1.807, 2.05) is 19.9 Å². The fourth-order valence-corrected chi connectivity index (χ4v) is 1.59. The van der Waals surface area contributed by atoms with Crippen LogP contribution in [-0.4, -0.2) is 24.8 Å². The Hall–Kier alpha value is -1.60. The molecule has 0 fully saturated rings. The maximum Gasteiger partial charge on any atom is 0.232 e. The van der Waals surface area contributed by atoms with Gasteiger partial charge in [-0.1, -0.05) is 13.3 Å². The van der Waals surface area contributed by atoms with E-state index in [9.17, 15) is 0 Å². The van der Waals surface area contributed by atoms with E-state index in [0.717, 1.165) is 30.7 Å². The highest BCUT2D eigenvalue weighted by molar-refractivity contribution is 5.45. The molecular formula is C14H20N2O2. The molecule has 0 saturated carbocycles. The number of nitriles is 1. The molecule has 1 heterocycles. The van der Waals surface area contributed by atoms with E-state index in [2.05, 4.69) is 18.0 Å². The number of nitrogens with zero attached hydrogens (tertiary/aromatic N) is 2. The zero-order chi connectivity index (χ0) is 13.4. The molecule has 1 aromatic heterocycles. The third kappa shape index (κ3) is 4.34. The number of hydrogen-bond acceptors (Lipinski definition) is 4. The summed E-state index contributed by atoms with van der Waals surface area (Å²) in [5, 5.41) is 9.06. The molecule has 0 aliphatic carbocycles. The van der Waals surface area contributed by atoms with Crippen LogP contribution in [0.25, 0.3) is 0 Å². The minimum absolute atomic E-state index is 0.411. The van der Waals surface area contributed by atoms with Gasteiger partial charge >= 0.3 is 0 Å². The van der Waals surface area contributed by atoms with Crippen LogP contribution < -0.4 is 4.74 Å². The van der Waals surface area contributed by atoms with Gasteiger partial charge in [0.2, 0.25) is 5.88 Å². The van der Waals surface area contributed by atoms with Crippen LogP contribution in [0.2, 0.25) is 0 Å². The number of ether oxygens (including phenoxy) is 2. The summed E-state index contributed by atoms with van der Waals surface area (Å²) in [6.45, 7) is 7.61. The first-order chi connectivity index (χ1) is 8.69. The second-order valence-corrected chi connectivity index (χ2v) is 4.19. The van der Waals surface area contributed by atoms with Gasteiger partial charge in [-0.2, -0.15) is 5.26 Å². The molecule has 0 unspecified atom stereocenters. The summed E-state index contributed by atoms with van der Waals surface area (Å²) < 4.78 is 10.9. The maximum absolute atomic E-state index is 9.06. The number of aryl methyl sites for hydroxylation is 2. The zero-order valence-electron chi connectivity index (χ0n) is 11.3. The highest BCUT2D eigenvalue weighted by Gasteiger charge is 2.09. The van der Waals surface area contributed by atoms with Crippen molar-refractivity contribution in [3.63, 3.8) is 0 Å². The summed E-state index contributed by atoms with van der Waals surface area (Å²) in [7, 11) is 0. The van der Waals surface area contributed by atoms with Crippen LogP contribution in [0.3, 0.4) is 0 Å². The summed E-state index contributed by atoms with van der Waals surface area (Å²) >= 11 is 0. The van der Waals surface area contributed by atoms with E-state index in [1.165, 1.54) is 0 Å². The van der Waals surface area contributed by atoms with Gasteiger partial charge in [-0.05, 0) is 31.9 Å². The van der Waals surface area contributed by atoms with Gasteiger partial charge in [0, 0.05) is 12.3 Å². The SMILES string of the molecule is CCCCOCCOc1nc(C)cc(C)c1C#N. The normalized spacial score (nSPS) is 10.1. The van der Waals surface area contributed by atoms with Crippen LogP contribution in [0, 0.1) is 25.2 Å². The first kappa shape index (κ1) is 14.5. The third-order valence-corrected chi connectivity index (χ3v) is 2.53. The Kier molecular flexibility index (Phi) is 6.16. The summed E-state index contributed by atoms with van der Waals surface area (Å²) in [6, 6.07) is 4.00. The van der Waals surface area contributed by atoms with Crippen molar-refractivity contribution in [2.24, 2.45) is 0 Å². The minimum Gasteiger partial charge on any atom is -0.474 e. The van der Waals surface area contributed by atoms with Crippen molar-refractivity contribution in [3.05, 3.63) is 22.9 Å². The molecule has 0 aromatic carbocycles. The molecule has 0 aliphatic rings. The van der Waals surface area contributed by atoms with Crippen molar-refractivity contribution in [1.82, 2.24) is 4.98 Å². The number of aromatic nitrogens is 1. The Balaban J connectivity index is 2.49. The number of pyridine rings is 1. The van der Waals surface area contributed by atoms with Crippen LogP contribution in [0.5, 0.6) is 5.88 Å². The van der Waals surface area contributed by atoms with E-state index >= 15 is 0 Å². The summed E-state index contributed by atoms with van der Waals surface area (Å²) in [5.41, 5.74) is 2.26. The van der Waals surface area contributed by atoms with Crippen molar-refractivity contribution in [1.29, 1.82) is 5.26 Å². The first-order valence-corrected chi connectivity index (χ1v) is 6.28. The highest BCUT2D eigenvalue weighted by atomic mass is 16.5. The van der Waals surface area contributed by atoms with E-state index in [1.54, 1.807) is 0 Å². The summed E-state index contributed by atoms with van der Waals surface area (Å²) in [6.07, 6.45) is 2.18. The van der Waals surface area contributed by atoms with E-state index in [0.29, 0.717) is 24.7 Å². The number of unbranched alkanes of at least 4 members (excludes halogenated alkanes) is 1. The lowest BCUT2D eigenvalue weighted by Gasteiger charge is -2.09. The van der Waals surface area contributed by atoms with Gasteiger partial charge < -0.3 is 9.47 Å². The van der Waals surface area contributed by atoms with Gasteiger partial charge in [-0.3, -0.25) is 0 Å². The first-order valence-electron chi connectivity index (χ1n) is 6.28. The summed E-state index contributed by atoms with van der Waals surface area (Å²) in [4.78, 5) is 4.24. The Morgan fingerprint density at radius 3 is 2.72 bits per heavy atom. The van der Waals surface area contributed by atoms with Crippen LogP contribution in [0.4, 0.5) is 0 Å². The fourth-order valence-electron chi connectivity index (χ4n) is 1.59. The second-order valence-electron chi connectivity index (χ2n) is 4.19. The van der Waals surface area contributed by atoms with Crippen molar-refractivity contribution in [2.75, 3.05) is 19.8 Å². The molecule has 0 radical (unpaired) electrons. The molecule has 0 atom stereocenters. The predicted molar refractivity (Wildman–Crippen MR) is 69.6 cm³/mol. The highest BCUT2D eigenvalue weighted by Crippen LogP contribution is 2.19. The lowest BCUT2D eigenvalue weighted by Crippen LogP contribution is -2.10. The molecule has 1 rings (SSSR count). The topological polar surface area (TPSA) is 55.1 Å². The van der Waals surface area contributed by atoms with Crippen molar-refractivity contribution < 1.29 is 9.47 Å². The predicted octanol–water partition coefficient (Wildman–Crippen LogP) is 2.77. The molecular weight excluding hydrogens is 228 g/mol. The Morgan fingerprint density at radius 1 is 1.28 bits per heavy atom. The van der Waals surface area contributed by atoms with Gasteiger partial charge in [-0.25, -0.2) is 4.98 Å². The van der Waals surface area contributed by atoms with Crippen molar-refractivity contribution >= 4 is 0 Å². The van der Waals surface area contributed by atoms with Crippen molar-refractivity contribution in [3.8, 4) is 11.9 Å². The van der Waals surface area contributed by atoms with Crippen LogP contribution in [0.15, 0.2) is 6.07 Å². The molecule has 0 saturated heterocycles. The largest absolute Gasteiger partial charge is 0.474 e. The molecule has 1 aromatic rings. The molecule has 4 nitrogen and oxygen atoms in total. The monoisotopic (exact) mass is 248 g/mol. The molecule has 0 N–H and O–H groups in total. The van der Waals surface area contributed by atoms with E-state index in [-0.39, 0.29) is 0 Å². The lowest BCUT2D eigenvalue weighted by molar-refractivity contribution is 0.0963. The molecule has 0 spiro atoms.